The molecule has 28 heavy (non-hydrogen) atoms. The van der Waals surface area contributed by atoms with E-state index >= 15 is 0 Å². The number of furan rings is 1. The zero-order valence-corrected chi connectivity index (χ0v) is 16.6. The van der Waals surface area contributed by atoms with Crippen LogP contribution in [-0.2, 0) is 23.1 Å². The SMILES string of the molecule is CN(Cc1ccco1)C(=O)c1ccc(CN(C)S(=O)(=O)c2ccccc2)cc1. The van der Waals surface area contributed by atoms with Crippen LogP contribution in [0.3, 0.4) is 0 Å². The van der Waals surface area contributed by atoms with Gasteiger partial charge in [-0.05, 0) is 42.0 Å². The smallest absolute Gasteiger partial charge is 0.254 e. The second-order valence-corrected chi connectivity index (χ2v) is 8.56. The lowest BCUT2D eigenvalue weighted by Gasteiger charge is -2.18. The van der Waals surface area contributed by atoms with Crippen LogP contribution >= 0.6 is 0 Å². The second-order valence-electron chi connectivity index (χ2n) is 6.51. The fourth-order valence-electron chi connectivity index (χ4n) is 2.80. The summed E-state index contributed by atoms with van der Waals surface area (Å²) in [5.74, 6) is 0.577. The van der Waals surface area contributed by atoms with E-state index in [1.165, 1.54) is 4.31 Å². The monoisotopic (exact) mass is 398 g/mol. The van der Waals surface area contributed by atoms with Crippen molar-refractivity contribution in [1.82, 2.24) is 9.21 Å². The van der Waals surface area contributed by atoms with Crippen LogP contribution in [0.5, 0.6) is 0 Å². The van der Waals surface area contributed by atoms with E-state index in [0.717, 1.165) is 5.56 Å². The Hall–Kier alpha value is -2.90. The van der Waals surface area contributed by atoms with Crippen molar-refractivity contribution in [3.63, 3.8) is 0 Å². The molecular weight excluding hydrogens is 376 g/mol. The summed E-state index contributed by atoms with van der Waals surface area (Å²) in [6.45, 7) is 0.597. The number of hydrogen-bond acceptors (Lipinski definition) is 4. The number of hydrogen-bond donors (Lipinski definition) is 0. The topological polar surface area (TPSA) is 70.8 Å². The first-order valence-electron chi connectivity index (χ1n) is 8.76. The standard InChI is InChI=1S/C21H22N2O4S/c1-22(16-19-7-6-14-27-19)21(24)18-12-10-17(11-13-18)15-23(2)28(25,26)20-8-4-3-5-9-20/h3-14H,15-16H2,1-2H3. The molecule has 1 heterocycles. The molecule has 146 valence electrons. The lowest BCUT2D eigenvalue weighted by Crippen LogP contribution is -2.27. The first kappa shape index (κ1) is 19.9. The predicted octanol–water partition coefficient (Wildman–Crippen LogP) is 3.37. The number of benzene rings is 2. The lowest BCUT2D eigenvalue weighted by atomic mass is 10.1. The first-order valence-corrected chi connectivity index (χ1v) is 10.2. The molecule has 2 aromatic carbocycles. The molecule has 6 nitrogen and oxygen atoms in total. The van der Waals surface area contributed by atoms with E-state index in [9.17, 15) is 13.2 Å². The number of carbonyl (C=O) groups is 1. The minimum Gasteiger partial charge on any atom is -0.467 e. The number of nitrogens with zero attached hydrogens (tertiary/aromatic N) is 2. The van der Waals surface area contributed by atoms with Gasteiger partial charge >= 0.3 is 0 Å². The van der Waals surface area contributed by atoms with Crippen molar-refractivity contribution >= 4 is 15.9 Å². The average Bonchev–Trinajstić information content (AvgIpc) is 3.21. The highest BCUT2D eigenvalue weighted by Gasteiger charge is 2.20. The Morgan fingerprint density at radius 1 is 0.893 bits per heavy atom. The molecule has 0 atom stereocenters. The van der Waals surface area contributed by atoms with Gasteiger partial charge in [-0.1, -0.05) is 30.3 Å². The van der Waals surface area contributed by atoms with Crippen molar-refractivity contribution in [3.8, 4) is 0 Å². The minimum absolute atomic E-state index is 0.131. The van der Waals surface area contributed by atoms with Crippen LogP contribution in [0.25, 0.3) is 0 Å². The summed E-state index contributed by atoms with van der Waals surface area (Å²) in [7, 11) is -0.311. The Balaban J connectivity index is 1.66. The molecule has 3 rings (SSSR count). The van der Waals surface area contributed by atoms with E-state index in [-0.39, 0.29) is 17.3 Å². The molecule has 0 N–H and O–H groups in total. The molecule has 0 aliphatic rings. The van der Waals surface area contributed by atoms with Crippen LogP contribution in [0.15, 0.2) is 82.3 Å². The van der Waals surface area contributed by atoms with E-state index < -0.39 is 10.0 Å². The van der Waals surface area contributed by atoms with E-state index in [1.807, 2.05) is 6.07 Å². The van der Waals surface area contributed by atoms with Gasteiger partial charge in [0.25, 0.3) is 5.91 Å². The summed E-state index contributed by atoms with van der Waals surface area (Å²) in [6.07, 6.45) is 1.57. The van der Waals surface area contributed by atoms with Crippen LogP contribution < -0.4 is 0 Å². The highest BCUT2D eigenvalue weighted by molar-refractivity contribution is 7.89. The molecule has 0 spiro atoms. The van der Waals surface area contributed by atoms with Crippen molar-refractivity contribution in [2.24, 2.45) is 0 Å². The number of carbonyl (C=O) groups excluding carboxylic acids is 1. The quantitative estimate of drug-likeness (QED) is 0.612. The van der Waals surface area contributed by atoms with Gasteiger partial charge in [-0.3, -0.25) is 4.79 Å². The normalized spacial score (nSPS) is 11.5. The zero-order chi connectivity index (χ0) is 20.1. The van der Waals surface area contributed by atoms with Crippen molar-refractivity contribution < 1.29 is 17.6 Å². The van der Waals surface area contributed by atoms with E-state index in [2.05, 4.69) is 0 Å². The van der Waals surface area contributed by atoms with Crippen LogP contribution in [0.4, 0.5) is 0 Å². The van der Waals surface area contributed by atoms with Crippen molar-refractivity contribution in [1.29, 1.82) is 0 Å². The van der Waals surface area contributed by atoms with E-state index in [4.69, 9.17) is 4.42 Å². The summed E-state index contributed by atoms with van der Waals surface area (Å²) in [5.41, 5.74) is 1.33. The highest BCUT2D eigenvalue weighted by atomic mass is 32.2. The summed E-state index contributed by atoms with van der Waals surface area (Å²) < 4.78 is 31.8. The molecule has 7 heteroatoms. The number of sulfonamides is 1. The Morgan fingerprint density at radius 2 is 1.57 bits per heavy atom. The van der Waals surface area contributed by atoms with Gasteiger partial charge in [0, 0.05) is 26.2 Å². The van der Waals surface area contributed by atoms with E-state index in [0.29, 0.717) is 17.9 Å². The summed E-state index contributed by atoms with van der Waals surface area (Å²) in [6, 6.07) is 18.9. The number of rotatable bonds is 7. The minimum atomic E-state index is -3.56. The van der Waals surface area contributed by atoms with Gasteiger partial charge in [-0.15, -0.1) is 0 Å². The molecular formula is C21H22N2O4S. The summed E-state index contributed by atoms with van der Waals surface area (Å²) in [5, 5.41) is 0. The van der Waals surface area contributed by atoms with Crippen molar-refractivity contribution in [3.05, 3.63) is 89.9 Å². The molecule has 1 aromatic heterocycles. The molecule has 0 unspecified atom stereocenters. The van der Waals surface area contributed by atoms with Crippen LogP contribution in [-0.4, -0.2) is 37.6 Å². The average molecular weight is 398 g/mol. The Bertz CT molecular complexity index is 1010. The fraction of sp³-hybridized carbons (Fsp3) is 0.190. The summed E-state index contributed by atoms with van der Waals surface area (Å²) in [4.78, 5) is 14.3. The third kappa shape index (κ3) is 4.49. The largest absolute Gasteiger partial charge is 0.467 e. The van der Waals surface area contributed by atoms with Gasteiger partial charge in [-0.2, -0.15) is 4.31 Å². The third-order valence-corrected chi connectivity index (χ3v) is 6.19. The van der Waals surface area contributed by atoms with Gasteiger partial charge in [0.15, 0.2) is 0 Å². The van der Waals surface area contributed by atoms with Crippen molar-refractivity contribution in [2.45, 2.75) is 18.0 Å². The molecule has 1 amide bonds. The van der Waals surface area contributed by atoms with Crippen molar-refractivity contribution in [2.75, 3.05) is 14.1 Å². The molecule has 0 fully saturated rings. The lowest BCUT2D eigenvalue weighted by molar-refractivity contribution is 0.0775. The zero-order valence-electron chi connectivity index (χ0n) is 15.8. The van der Waals surface area contributed by atoms with Gasteiger partial charge in [0.05, 0.1) is 17.7 Å². The van der Waals surface area contributed by atoms with Gasteiger partial charge in [0.2, 0.25) is 10.0 Å². The maximum atomic E-state index is 12.6. The van der Waals surface area contributed by atoms with Crippen LogP contribution in [0.1, 0.15) is 21.7 Å². The Morgan fingerprint density at radius 3 is 2.18 bits per heavy atom. The molecule has 0 bridgehead atoms. The first-order chi connectivity index (χ1) is 13.4. The van der Waals surface area contributed by atoms with Crippen LogP contribution in [0.2, 0.25) is 0 Å². The molecule has 0 saturated carbocycles. The van der Waals surface area contributed by atoms with Gasteiger partial charge in [0.1, 0.15) is 5.76 Å². The third-order valence-electron chi connectivity index (χ3n) is 4.38. The van der Waals surface area contributed by atoms with Crippen LogP contribution in [0, 0.1) is 0 Å². The maximum absolute atomic E-state index is 12.6. The molecule has 0 radical (unpaired) electrons. The van der Waals surface area contributed by atoms with Gasteiger partial charge in [-0.25, -0.2) is 8.42 Å². The van der Waals surface area contributed by atoms with E-state index in [1.54, 1.807) is 85.9 Å². The molecule has 0 aliphatic carbocycles. The van der Waals surface area contributed by atoms with Gasteiger partial charge < -0.3 is 9.32 Å². The molecule has 0 aliphatic heterocycles. The maximum Gasteiger partial charge on any atom is 0.254 e. The fourth-order valence-corrected chi connectivity index (χ4v) is 3.98. The second kappa shape index (κ2) is 8.41. The molecule has 3 aromatic rings. The molecule has 0 saturated heterocycles. The number of amides is 1. The Labute approximate surface area is 165 Å². The Kier molecular flexibility index (Phi) is 5.96. The highest BCUT2D eigenvalue weighted by Crippen LogP contribution is 2.17. The summed E-state index contributed by atoms with van der Waals surface area (Å²) >= 11 is 0. The predicted molar refractivity (Wildman–Crippen MR) is 106 cm³/mol.